The molecule has 1 aliphatic rings. The van der Waals surface area contributed by atoms with E-state index in [0.717, 1.165) is 19.4 Å². The molecule has 1 atom stereocenters. The van der Waals surface area contributed by atoms with Crippen molar-refractivity contribution >= 4 is 11.6 Å². The largest absolute Gasteiger partial charge is 0.391 e. The molecule has 0 spiro atoms. The van der Waals surface area contributed by atoms with E-state index in [0.29, 0.717) is 17.9 Å². The van der Waals surface area contributed by atoms with Crippen LogP contribution < -0.4 is 10.6 Å². The van der Waals surface area contributed by atoms with Gasteiger partial charge in [0.1, 0.15) is 17.5 Å². The number of rotatable bonds is 1. The fraction of sp³-hybridized carbons (Fsp3) is 0.556. The minimum atomic E-state index is -0.344. The third kappa shape index (κ3) is 1.74. The Morgan fingerprint density at radius 3 is 3.13 bits per heavy atom. The van der Waals surface area contributed by atoms with Crippen LogP contribution in [0.3, 0.4) is 0 Å². The number of nitrogens with zero attached hydrogens (tertiary/aromatic N) is 3. The predicted molar refractivity (Wildman–Crippen MR) is 55.2 cm³/mol. The van der Waals surface area contributed by atoms with Crippen LogP contribution in [0.4, 0.5) is 11.6 Å². The number of nitriles is 1. The topological polar surface area (TPSA) is 102 Å². The normalized spacial score (nSPS) is 21.3. The lowest BCUT2D eigenvalue weighted by molar-refractivity contribution is 0.154. The first-order valence-electron chi connectivity index (χ1n) is 4.89. The van der Waals surface area contributed by atoms with E-state index in [1.165, 1.54) is 0 Å². The predicted octanol–water partition coefficient (Wildman–Crippen LogP) is -0.175. The quantitative estimate of drug-likeness (QED) is 0.593. The van der Waals surface area contributed by atoms with Gasteiger partial charge in [0.2, 0.25) is 0 Å². The van der Waals surface area contributed by atoms with Crippen LogP contribution in [0.15, 0.2) is 0 Å². The van der Waals surface area contributed by atoms with Gasteiger partial charge in [-0.1, -0.05) is 0 Å². The van der Waals surface area contributed by atoms with E-state index >= 15 is 0 Å². The van der Waals surface area contributed by atoms with Crippen molar-refractivity contribution in [2.24, 2.45) is 0 Å². The minimum absolute atomic E-state index is 0.285. The minimum Gasteiger partial charge on any atom is -0.391 e. The summed E-state index contributed by atoms with van der Waals surface area (Å²) >= 11 is 0. The van der Waals surface area contributed by atoms with Crippen LogP contribution in [0.25, 0.3) is 0 Å². The number of piperidine rings is 1. The second-order valence-corrected chi connectivity index (χ2v) is 3.69. The molecule has 2 heterocycles. The summed E-state index contributed by atoms with van der Waals surface area (Å²) in [6.07, 6.45) is 1.36. The van der Waals surface area contributed by atoms with Crippen molar-refractivity contribution in [3.63, 3.8) is 0 Å². The Morgan fingerprint density at radius 1 is 1.67 bits per heavy atom. The molecule has 6 heteroatoms. The van der Waals surface area contributed by atoms with E-state index in [9.17, 15) is 5.11 Å². The van der Waals surface area contributed by atoms with Gasteiger partial charge in [0.05, 0.1) is 6.10 Å². The Labute approximate surface area is 87.3 Å². The molecule has 1 aromatic rings. The molecule has 4 N–H and O–H groups in total. The molecule has 1 unspecified atom stereocenters. The van der Waals surface area contributed by atoms with Gasteiger partial charge in [-0.15, -0.1) is 0 Å². The molecule has 1 aromatic heterocycles. The molecular weight excluding hydrogens is 194 g/mol. The van der Waals surface area contributed by atoms with Gasteiger partial charge in [0.15, 0.2) is 5.82 Å². The molecular formula is C9H13N5O. The first-order chi connectivity index (χ1) is 7.22. The number of aromatic amines is 1. The highest BCUT2D eigenvalue weighted by Gasteiger charge is 2.23. The molecule has 1 fully saturated rings. The first kappa shape index (κ1) is 9.80. The first-order valence-corrected chi connectivity index (χ1v) is 4.89. The Morgan fingerprint density at radius 2 is 2.47 bits per heavy atom. The molecule has 0 saturated carbocycles. The van der Waals surface area contributed by atoms with Crippen LogP contribution in [0.2, 0.25) is 0 Å². The van der Waals surface area contributed by atoms with Crippen molar-refractivity contribution in [2.75, 3.05) is 23.7 Å². The Kier molecular flexibility index (Phi) is 2.47. The highest BCUT2D eigenvalue weighted by molar-refractivity contribution is 5.64. The van der Waals surface area contributed by atoms with Crippen LogP contribution in [0.1, 0.15) is 18.4 Å². The second-order valence-electron chi connectivity index (χ2n) is 3.69. The number of aliphatic hydroxyl groups excluding tert-OH is 1. The molecule has 0 aliphatic carbocycles. The van der Waals surface area contributed by atoms with Crippen molar-refractivity contribution in [3.8, 4) is 6.07 Å². The van der Waals surface area contributed by atoms with Gasteiger partial charge in [-0.05, 0) is 12.8 Å². The van der Waals surface area contributed by atoms with Crippen LogP contribution in [-0.4, -0.2) is 34.5 Å². The van der Waals surface area contributed by atoms with Crippen molar-refractivity contribution in [1.29, 1.82) is 5.26 Å². The van der Waals surface area contributed by atoms with Crippen molar-refractivity contribution < 1.29 is 5.11 Å². The number of hydrogen-bond donors (Lipinski definition) is 3. The number of nitrogens with two attached hydrogens (primary N) is 1. The van der Waals surface area contributed by atoms with E-state index in [-0.39, 0.29) is 11.9 Å². The fourth-order valence-electron chi connectivity index (χ4n) is 1.83. The number of anilines is 2. The molecule has 6 nitrogen and oxygen atoms in total. The SMILES string of the molecule is N#Cc1c(N2CCCC(O)C2)n[nH]c1N. The van der Waals surface area contributed by atoms with Gasteiger partial charge in [0.25, 0.3) is 0 Å². The number of nitrogens with one attached hydrogen (secondary N) is 1. The lowest BCUT2D eigenvalue weighted by Crippen LogP contribution is -2.38. The summed E-state index contributed by atoms with van der Waals surface area (Å²) in [7, 11) is 0. The smallest absolute Gasteiger partial charge is 0.170 e. The van der Waals surface area contributed by atoms with Gasteiger partial charge in [-0.2, -0.15) is 10.4 Å². The highest BCUT2D eigenvalue weighted by Crippen LogP contribution is 2.24. The van der Waals surface area contributed by atoms with Crippen LogP contribution in [-0.2, 0) is 0 Å². The lowest BCUT2D eigenvalue weighted by atomic mass is 10.1. The number of aliphatic hydroxyl groups is 1. The van der Waals surface area contributed by atoms with Gasteiger partial charge in [-0.25, -0.2) is 0 Å². The molecule has 15 heavy (non-hydrogen) atoms. The zero-order chi connectivity index (χ0) is 10.8. The summed E-state index contributed by atoms with van der Waals surface area (Å²) in [4.78, 5) is 1.89. The summed E-state index contributed by atoms with van der Waals surface area (Å²) in [5.41, 5.74) is 5.93. The summed E-state index contributed by atoms with van der Waals surface area (Å²) < 4.78 is 0. The van der Waals surface area contributed by atoms with Crippen molar-refractivity contribution in [1.82, 2.24) is 10.2 Å². The van der Waals surface area contributed by atoms with Crippen molar-refractivity contribution in [3.05, 3.63) is 5.56 Å². The zero-order valence-corrected chi connectivity index (χ0v) is 8.27. The maximum absolute atomic E-state index is 9.52. The maximum Gasteiger partial charge on any atom is 0.170 e. The average molecular weight is 207 g/mol. The molecule has 1 aliphatic heterocycles. The summed E-state index contributed by atoms with van der Waals surface area (Å²) in [6.45, 7) is 1.31. The highest BCUT2D eigenvalue weighted by atomic mass is 16.3. The molecule has 1 saturated heterocycles. The fourth-order valence-corrected chi connectivity index (χ4v) is 1.83. The van der Waals surface area contributed by atoms with E-state index < -0.39 is 0 Å². The van der Waals surface area contributed by atoms with Crippen molar-refractivity contribution in [2.45, 2.75) is 18.9 Å². The van der Waals surface area contributed by atoms with Crippen LogP contribution in [0, 0.1) is 11.3 Å². The van der Waals surface area contributed by atoms with Gasteiger partial charge >= 0.3 is 0 Å². The molecule has 2 rings (SSSR count). The number of nitrogen functional groups attached to an aromatic ring is 1. The Balaban J connectivity index is 2.25. The number of hydrogen-bond acceptors (Lipinski definition) is 5. The molecule has 0 bridgehead atoms. The molecule has 0 aromatic carbocycles. The molecule has 80 valence electrons. The maximum atomic E-state index is 9.52. The van der Waals surface area contributed by atoms with Crippen LogP contribution in [0.5, 0.6) is 0 Å². The van der Waals surface area contributed by atoms with E-state index in [2.05, 4.69) is 10.2 Å². The average Bonchev–Trinajstić information content (AvgIpc) is 2.59. The summed E-state index contributed by atoms with van der Waals surface area (Å²) in [6, 6.07) is 2.01. The van der Waals surface area contributed by atoms with E-state index in [1.807, 2.05) is 11.0 Å². The summed E-state index contributed by atoms with van der Waals surface area (Å²) in [5.74, 6) is 0.835. The zero-order valence-electron chi connectivity index (χ0n) is 8.27. The summed E-state index contributed by atoms with van der Waals surface area (Å²) in [5, 5.41) is 25.0. The third-order valence-corrected chi connectivity index (χ3v) is 2.58. The number of H-pyrrole nitrogens is 1. The Hall–Kier alpha value is -1.74. The number of aromatic nitrogens is 2. The van der Waals surface area contributed by atoms with Gasteiger partial charge in [-0.3, -0.25) is 5.10 Å². The van der Waals surface area contributed by atoms with E-state index in [4.69, 9.17) is 11.0 Å². The third-order valence-electron chi connectivity index (χ3n) is 2.58. The number of β-amino-alcohol motifs (C(OH)–C–C–N with tert-alkyl or cyclic N) is 1. The van der Waals surface area contributed by atoms with Gasteiger partial charge < -0.3 is 15.7 Å². The molecule has 0 radical (unpaired) electrons. The monoisotopic (exact) mass is 207 g/mol. The molecule has 0 amide bonds. The van der Waals surface area contributed by atoms with Gasteiger partial charge in [0, 0.05) is 13.1 Å². The second kappa shape index (κ2) is 3.79. The Bertz CT molecular complexity index is 394. The standard InChI is InChI=1S/C9H13N5O/c10-4-7-8(11)12-13-9(7)14-3-1-2-6(15)5-14/h6,15H,1-3,5H2,(H3,11,12,13). The lowest BCUT2D eigenvalue weighted by Gasteiger charge is -2.30. The van der Waals surface area contributed by atoms with E-state index in [1.54, 1.807) is 0 Å². The van der Waals surface area contributed by atoms with Crippen LogP contribution >= 0.6 is 0 Å².